The van der Waals surface area contributed by atoms with Crippen molar-refractivity contribution >= 4 is 23.3 Å². The maximum absolute atomic E-state index is 13.9. The van der Waals surface area contributed by atoms with Crippen molar-refractivity contribution in [1.82, 2.24) is 4.90 Å². The summed E-state index contributed by atoms with van der Waals surface area (Å²) in [6, 6.07) is 4.36. The van der Waals surface area contributed by atoms with E-state index in [0.29, 0.717) is 0 Å². The van der Waals surface area contributed by atoms with Gasteiger partial charge in [-0.2, -0.15) is 13.2 Å². The fourth-order valence-corrected chi connectivity index (χ4v) is 5.58. The van der Waals surface area contributed by atoms with E-state index in [-0.39, 0.29) is 43.3 Å². The van der Waals surface area contributed by atoms with Crippen LogP contribution in [0.1, 0.15) is 69.7 Å². The quantitative estimate of drug-likeness (QED) is 0.498. The molecule has 0 aliphatic carbocycles. The van der Waals surface area contributed by atoms with Crippen molar-refractivity contribution in [3.8, 4) is 0 Å². The number of rotatable bonds is 6. The summed E-state index contributed by atoms with van der Waals surface area (Å²) < 4.78 is 52.5. The summed E-state index contributed by atoms with van der Waals surface area (Å²) in [5.74, 6) is -2.73. The van der Waals surface area contributed by atoms with Gasteiger partial charge in [-0.05, 0) is 90.6 Å². The van der Waals surface area contributed by atoms with Crippen LogP contribution in [0.15, 0.2) is 18.2 Å². The number of alkyl halides is 3. The zero-order valence-electron chi connectivity index (χ0n) is 22.0. The van der Waals surface area contributed by atoms with Crippen molar-refractivity contribution in [3.63, 3.8) is 0 Å². The number of halogens is 3. The van der Waals surface area contributed by atoms with Crippen LogP contribution in [0, 0.1) is 0 Å². The van der Waals surface area contributed by atoms with Crippen molar-refractivity contribution in [2.45, 2.75) is 83.2 Å². The molecule has 0 spiro atoms. The highest BCUT2D eigenvalue weighted by Crippen LogP contribution is 2.37. The SMILES string of the molecule is CC(C)(C)OC(=O)c1ccc(N2CCC[C@H]2CN2CCCC2)cc1N(C(=O)C(F)(F)F)C1CCOCC1. The van der Waals surface area contributed by atoms with Gasteiger partial charge in [0.05, 0.1) is 11.3 Å². The van der Waals surface area contributed by atoms with Crippen molar-refractivity contribution < 1.29 is 32.2 Å². The van der Waals surface area contributed by atoms with Crippen LogP contribution in [0.4, 0.5) is 24.5 Å². The molecule has 1 atom stereocenters. The summed E-state index contributed by atoms with van der Waals surface area (Å²) in [6.07, 6.45) is -0.257. The fraction of sp³-hybridized carbons (Fsp3) is 0.704. The van der Waals surface area contributed by atoms with Crippen LogP contribution in [-0.2, 0) is 14.3 Å². The summed E-state index contributed by atoms with van der Waals surface area (Å²) >= 11 is 0. The third-order valence-electron chi connectivity index (χ3n) is 7.25. The lowest BCUT2D eigenvalue weighted by Gasteiger charge is -2.37. The Hall–Kier alpha value is -2.33. The summed E-state index contributed by atoms with van der Waals surface area (Å²) in [6.45, 7) is 9.38. The van der Waals surface area contributed by atoms with Gasteiger partial charge in [0.25, 0.3) is 0 Å². The largest absolute Gasteiger partial charge is 0.471 e. The van der Waals surface area contributed by atoms with Crippen LogP contribution in [0.5, 0.6) is 0 Å². The first kappa shape index (κ1) is 27.7. The number of carbonyl (C=O) groups excluding carboxylic acids is 2. The number of hydrogen-bond donors (Lipinski definition) is 0. The van der Waals surface area contributed by atoms with E-state index < -0.39 is 29.7 Å². The highest BCUT2D eigenvalue weighted by atomic mass is 19.4. The Morgan fingerprint density at radius 1 is 1.03 bits per heavy atom. The number of anilines is 2. The molecular formula is C27H38F3N3O4. The van der Waals surface area contributed by atoms with Gasteiger partial charge in [0.15, 0.2) is 0 Å². The second-order valence-corrected chi connectivity index (χ2v) is 11.2. The van der Waals surface area contributed by atoms with E-state index in [1.807, 2.05) is 0 Å². The van der Waals surface area contributed by atoms with E-state index in [2.05, 4.69) is 9.80 Å². The number of hydrogen-bond acceptors (Lipinski definition) is 6. The topological polar surface area (TPSA) is 62.3 Å². The van der Waals surface area contributed by atoms with Crippen molar-refractivity contribution in [2.24, 2.45) is 0 Å². The van der Waals surface area contributed by atoms with E-state index in [1.54, 1.807) is 32.9 Å². The molecule has 0 unspecified atom stereocenters. The molecule has 1 amide bonds. The van der Waals surface area contributed by atoms with E-state index >= 15 is 0 Å². The molecule has 0 radical (unpaired) electrons. The molecule has 3 aliphatic heterocycles. The normalized spacial score (nSPS) is 21.9. The van der Waals surface area contributed by atoms with Gasteiger partial charge < -0.3 is 24.2 Å². The van der Waals surface area contributed by atoms with Crippen LogP contribution in [0.3, 0.4) is 0 Å². The minimum absolute atomic E-state index is 0.0435. The van der Waals surface area contributed by atoms with Gasteiger partial charge in [-0.1, -0.05) is 0 Å². The van der Waals surface area contributed by atoms with Gasteiger partial charge in [0.1, 0.15) is 5.60 Å². The number of nitrogens with zero attached hydrogens (tertiary/aromatic N) is 3. The highest BCUT2D eigenvalue weighted by molar-refractivity contribution is 6.05. The molecular weight excluding hydrogens is 487 g/mol. The Morgan fingerprint density at radius 2 is 1.70 bits per heavy atom. The Bertz CT molecular complexity index is 967. The van der Waals surface area contributed by atoms with Crippen LogP contribution >= 0.6 is 0 Å². The summed E-state index contributed by atoms with van der Waals surface area (Å²) in [5, 5.41) is 0. The zero-order chi connectivity index (χ0) is 26.8. The summed E-state index contributed by atoms with van der Waals surface area (Å²) in [7, 11) is 0. The smallest absolute Gasteiger partial charge is 0.456 e. The van der Waals surface area contributed by atoms with E-state index in [0.717, 1.165) is 49.6 Å². The monoisotopic (exact) mass is 525 g/mol. The summed E-state index contributed by atoms with van der Waals surface area (Å²) in [4.78, 5) is 31.4. The number of amides is 1. The Balaban J connectivity index is 1.75. The molecule has 3 aliphatic rings. The van der Waals surface area contributed by atoms with Gasteiger partial charge in [0, 0.05) is 44.1 Å². The van der Waals surface area contributed by atoms with E-state index in [9.17, 15) is 22.8 Å². The molecule has 3 fully saturated rings. The molecule has 4 rings (SSSR count). The molecule has 0 N–H and O–H groups in total. The Morgan fingerprint density at radius 3 is 2.32 bits per heavy atom. The molecule has 0 saturated carbocycles. The van der Waals surface area contributed by atoms with Crippen LogP contribution < -0.4 is 9.80 Å². The van der Waals surface area contributed by atoms with Gasteiger partial charge in [-0.15, -0.1) is 0 Å². The molecule has 37 heavy (non-hydrogen) atoms. The first-order valence-corrected chi connectivity index (χ1v) is 13.3. The van der Waals surface area contributed by atoms with Gasteiger partial charge in [-0.3, -0.25) is 4.79 Å². The van der Waals surface area contributed by atoms with Crippen LogP contribution in [0.25, 0.3) is 0 Å². The molecule has 1 aromatic carbocycles. The molecule has 0 aromatic heterocycles. The standard InChI is InChI=1S/C27H38F3N3O4/c1-26(2,3)37-24(34)22-9-8-20(32-14-6-7-21(32)18-31-12-4-5-13-31)17-23(22)33(25(35)27(28,29)30)19-10-15-36-16-11-19/h8-9,17,19,21H,4-7,10-16,18H2,1-3H3/t21-/m0/s1. The zero-order valence-corrected chi connectivity index (χ0v) is 22.0. The van der Waals surface area contributed by atoms with Gasteiger partial charge in [-0.25, -0.2) is 4.79 Å². The third-order valence-corrected chi connectivity index (χ3v) is 7.25. The Labute approximate surface area is 216 Å². The number of ether oxygens (including phenoxy) is 2. The maximum atomic E-state index is 13.9. The lowest BCUT2D eigenvalue weighted by atomic mass is 10.0. The van der Waals surface area contributed by atoms with Crippen molar-refractivity contribution in [3.05, 3.63) is 23.8 Å². The fourth-order valence-electron chi connectivity index (χ4n) is 5.58. The summed E-state index contributed by atoms with van der Waals surface area (Å²) in [5.41, 5.74) is -0.220. The van der Waals surface area contributed by atoms with Gasteiger partial charge >= 0.3 is 18.1 Å². The molecule has 3 saturated heterocycles. The van der Waals surface area contributed by atoms with Crippen LogP contribution in [-0.4, -0.2) is 80.0 Å². The molecule has 1 aromatic rings. The highest BCUT2D eigenvalue weighted by Gasteiger charge is 2.47. The lowest BCUT2D eigenvalue weighted by Crippen LogP contribution is -2.50. The predicted molar refractivity (Wildman–Crippen MR) is 135 cm³/mol. The predicted octanol–water partition coefficient (Wildman–Crippen LogP) is 4.78. The second-order valence-electron chi connectivity index (χ2n) is 11.2. The second kappa shape index (κ2) is 11.2. The average Bonchev–Trinajstić information content (AvgIpc) is 3.51. The molecule has 206 valence electrons. The third kappa shape index (κ3) is 6.76. The molecule has 7 nitrogen and oxygen atoms in total. The van der Waals surface area contributed by atoms with Crippen molar-refractivity contribution in [1.29, 1.82) is 0 Å². The first-order valence-electron chi connectivity index (χ1n) is 13.3. The molecule has 3 heterocycles. The molecule has 10 heteroatoms. The van der Waals surface area contributed by atoms with Crippen LogP contribution in [0.2, 0.25) is 0 Å². The number of esters is 1. The van der Waals surface area contributed by atoms with E-state index in [1.165, 1.54) is 18.9 Å². The number of benzene rings is 1. The maximum Gasteiger partial charge on any atom is 0.471 e. The molecule has 0 bridgehead atoms. The van der Waals surface area contributed by atoms with Crippen molar-refractivity contribution in [2.75, 3.05) is 49.2 Å². The average molecular weight is 526 g/mol. The minimum Gasteiger partial charge on any atom is -0.456 e. The van der Waals surface area contributed by atoms with E-state index in [4.69, 9.17) is 9.47 Å². The lowest BCUT2D eigenvalue weighted by molar-refractivity contribution is -0.171. The number of carbonyl (C=O) groups is 2. The van der Waals surface area contributed by atoms with Gasteiger partial charge in [0.2, 0.25) is 0 Å². The number of likely N-dealkylation sites (tertiary alicyclic amines) is 1. The first-order chi connectivity index (χ1) is 17.4. The Kier molecular flexibility index (Phi) is 8.38. The minimum atomic E-state index is -5.09.